The molecule has 0 saturated carbocycles. The molecule has 0 radical (unpaired) electrons. The van der Waals surface area contributed by atoms with Crippen LogP contribution >= 0.6 is 22.6 Å². The van der Waals surface area contributed by atoms with Gasteiger partial charge < -0.3 is 9.84 Å². The van der Waals surface area contributed by atoms with Crippen molar-refractivity contribution in [3.8, 4) is 11.5 Å². The molecule has 2 aromatic rings. The predicted octanol–water partition coefficient (Wildman–Crippen LogP) is 3.71. The fourth-order valence-corrected chi connectivity index (χ4v) is 1.78. The predicted molar refractivity (Wildman–Crippen MR) is 71.6 cm³/mol. The summed E-state index contributed by atoms with van der Waals surface area (Å²) in [6.07, 6.45) is 0. The minimum Gasteiger partial charge on any atom is -0.457 e. The SMILES string of the molecule is OCc1c(F)cccc1Oc1ccc(I)cc1. The van der Waals surface area contributed by atoms with E-state index in [9.17, 15) is 4.39 Å². The molecule has 17 heavy (non-hydrogen) atoms. The highest BCUT2D eigenvalue weighted by Gasteiger charge is 2.09. The lowest BCUT2D eigenvalue weighted by Crippen LogP contribution is -1.95. The fraction of sp³-hybridized carbons (Fsp3) is 0.0769. The van der Waals surface area contributed by atoms with E-state index in [1.807, 2.05) is 12.1 Å². The second-order valence-electron chi connectivity index (χ2n) is 3.43. The molecule has 0 bridgehead atoms. The maximum atomic E-state index is 13.4. The number of halogens is 2. The van der Waals surface area contributed by atoms with Crippen molar-refractivity contribution in [3.05, 3.63) is 57.4 Å². The van der Waals surface area contributed by atoms with Crippen molar-refractivity contribution in [2.45, 2.75) is 6.61 Å². The van der Waals surface area contributed by atoms with Crippen LogP contribution in [0.2, 0.25) is 0 Å². The second-order valence-corrected chi connectivity index (χ2v) is 4.68. The van der Waals surface area contributed by atoms with Gasteiger partial charge in [-0.15, -0.1) is 0 Å². The van der Waals surface area contributed by atoms with Gasteiger partial charge in [-0.3, -0.25) is 0 Å². The molecule has 0 amide bonds. The Labute approximate surface area is 112 Å². The van der Waals surface area contributed by atoms with Crippen LogP contribution in [0.5, 0.6) is 11.5 Å². The average Bonchev–Trinajstić information content (AvgIpc) is 2.32. The molecule has 0 heterocycles. The van der Waals surface area contributed by atoms with E-state index in [4.69, 9.17) is 9.84 Å². The number of ether oxygens (including phenoxy) is 1. The maximum absolute atomic E-state index is 13.4. The Hall–Kier alpha value is -1.14. The Morgan fingerprint density at radius 1 is 1.12 bits per heavy atom. The Morgan fingerprint density at radius 3 is 2.47 bits per heavy atom. The number of hydrogen-bond acceptors (Lipinski definition) is 2. The molecule has 0 spiro atoms. The molecule has 88 valence electrons. The lowest BCUT2D eigenvalue weighted by Gasteiger charge is -2.10. The van der Waals surface area contributed by atoms with Crippen molar-refractivity contribution >= 4 is 22.6 Å². The molecule has 2 rings (SSSR count). The third kappa shape index (κ3) is 2.95. The summed E-state index contributed by atoms with van der Waals surface area (Å²) < 4.78 is 20.0. The summed E-state index contributed by atoms with van der Waals surface area (Å²) in [4.78, 5) is 0. The molecule has 2 aromatic carbocycles. The van der Waals surface area contributed by atoms with Crippen LogP contribution in [0.4, 0.5) is 4.39 Å². The van der Waals surface area contributed by atoms with Crippen LogP contribution in [0.25, 0.3) is 0 Å². The lowest BCUT2D eigenvalue weighted by molar-refractivity contribution is 0.270. The summed E-state index contributed by atoms with van der Waals surface area (Å²) in [6.45, 7) is -0.383. The summed E-state index contributed by atoms with van der Waals surface area (Å²) in [5.74, 6) is 0.495. The second kappa shape index (κ2) is 5.46. The zero-order valence-corrected chi connectivity index (χ0v) is 11.0. The first-order valence-electron chi connectivity index (χ1n) is 5.02. The third-order valence-corrected chi connectivity index (χ3v) is 2.99. The van der Waals surface area contributed by atoms with Crippen molar-refractivity contribution in [1.29, 1.82) is 0 Å². The van der Waals surface area contributed by atoms with Crippen LogP contribution in [0.3, 0.4) is 0 Å². The fourth-order valence-electron chi connectivity index (χ4n) is 1.42. The van der Waals surface area contributed by atoms with E-state index in [1.54, 1.807) is 24.3 Å². The Balaban J connectivity index is 2.29. The van der Waals surface area contributed by atoms with E-state index in [0.29, 0.717) is 11.5 Å². The topological polar surface area (TPSA) is 29.5 Å². The van der Waals surface area contributed by atoms with Gasteiger partial charge in [0.25, 0.3) is 0 Å². The Kier molecular flexibility index (Phi) is 3.96. The number of hydrogen-bond donors (Lipinski definition) is 1. The van der Waals surface area contributed by atoms with Gasteiger partial charge in [0.05, 0.1) is 12.2 Å². The van der Waals surface area contributed by atoms with Gasteiger partial charge in [-0.2, -0.15) is 0 Å². The number of aliphatic hydroxyl groups is 1. The summed E-state index contributed by atoms with van der Waals surface area (Å²) in [6, 6.07) is 11.9. The first kappa shape index (κ1) is 12.3. The van der Waals surface area contributed by atoms with Crippen LogP contribution in [-0.4, -0.2) is 5.11 Å². The molecular formula is C13H10FIO2. The molecule has 0 aromatic heterocycles. The minimum atomic E-state index is -0.462. The molecule has 0 aliphatic carbocycles. The Bertz CT molecular complexity index is 511. The van der Waals surface area contributed by atoms with Gasteiger partial charge >= 0.3 is 0 Å². The van der Waals surface area contributed by atoms with Crippen LogP contribution in [0, 0.1) is 9.39 Å². The smallest absolute Gasteiger partial charge is 0.135 e. The van der Waals surface area contributed by atoms with Crippen LogP contribution in [0.1, 0.15) is 5.56 Å². The van der Waals surface area contributed by atoms with Crippen molar-refractivity contribution < 1.29 is 14.2 Å². The highest BCUT2D eigenvalue weighted by Crippen LogP contribution is 2.27. The summed E-state index contributed by atoms with van der Waals surface area (Å²) in [7, 11) is 0. The first-order chi connectivity index (χ1) is 8.20. The van der Waals surface area contributed by atoms with Gasteiger partial charge in [0.2, 0.25) is 0 Å². The van der Waals surface area contributed by atoms with Gasteiger partial charge in [0.15, 0.2) is 0 Å². The summed E-state index contributed by atoms with van der Waals surface area (Å²) >= 11 is 2.19. The molecular weight excluding hydrogens is 334 g/mol. The van der Waals surface area contributed by atoms with Gasteiger partial charge in [-0.1, -0.05) is 6.07 Å². The van der Waals surface area contributed by atoms with Crippen molar-refractivity contribution in [2.75, 3.05) is 0 Å². The monoisotopic (exact) mass is 344 g/mol. The number of rotatable bonds is 3. The van der Waals surface area contributed by atoms with Crippen LogP contribution in [0.15, 0.2) is 42.5 Å². The zero-order valence-electron chi connectivity index (χ0n) is 8.86. The molecule has 0 aliphatic heterocycles. The van der Waals surface area contributed by atoms with Crippen LogP contribution < -0.4 is 4.74 Å². The van der Waals surface area contributed by atoms with Crippen molar-refractivity contribution in [3.63, 3.8) is 0 Å². The molecule has 0 fully saturated rings. The largest absolute Gasteiger partial charge is 0.457 e. The van der Waals surface area contributed by atoms with Gasteiger partial charge in [-0.05, 0) is 59.0 Å². The molecule has 0 aliphatic rings. The number of benzene rings is 2. The maximum Gasteiger partial charge on any atom is 0.135 e. The van der Waals surface area contributed by atoms with E-state index in [2.05, 4.69) is 22.6 Å². The van der Waals surface area contributed by atoms with E-state index >= 15 is 0 Å². The Morgan fingerprint density at radius 2 is 1.82 bits per heavy atom. The van der Waals surface area contributed by atoms with E-state index in [0.717, 1.165) is 3.57 Å². The quantitative estimate of drug-likeness (QED) is 0.861. The first-order valence-corrected chi connectivity index (χ1v) is 6.10. The minimum absolute atomic E-state index is 0.172. The third-order valence-electron chi connectivity index (χ3n) is 2.28. The highest BCUT2D eigenvalue weighted by molar-refractivity contribution is 14.1. The van der Waals surface area contributed by atoms with E-state index < -0.39 is 5.82 Å². The standard InChI is InChI=1S/C13H10FIO2/c14-12-2-1-3-13(11(12)8-16)17-10-6-4-9(15)5-7-10/h1-7,16H,8H2. The summed E-state index contributed by atoms with van der Waals surface area (Å²) in [5.41, 5.74) is 0.172. The van der Waals surface area contributed by atoms with Gasteiger partial charge in [-0.25, -0.2) is 4.39 Å². The molecule has 2 nitrogen and oxygen atoms in total. The van der Waals surface area contributed by atoms with Gasteiger partial charge in [0, 0.05) is 3.57 Å². The zero-order chi connectivity index (χ0) is 12.3. The van der Waals surface area contributed by atoms with E-state index in [1.165, 1.54) is 6.07 Å². The number of aliphatic hydroxyl groups excluding tert-OH is 1. The normalized spacial score (nSPS) is 10.3. The molecule has 0 unspecified atom stereocenters. The molecule has 0 saturated heterocycles. The van der Waals surface area contributed by atoms with Crippen LogP contribution in [-0.2, 0) is 6.61 Å². The molecule has 0 atom stereocenters. The van der Waals surface area contributed by atoms with E-state index in [-0.39, 0.29) is 12.2 Å². The highest BCUT2D eigenvalue weighted by atomic mass is 127. The molecule has 1 N–H and O–H groups in total. The lowest BCUT2D eigenvalue weighted by atomic mass is 10.2. The summed E-state index contributed by atoms with van der Waals surface area (Å²) in [5, 5.41) is 9.10. The average molecular weight is 344 g/mol. The van der Waals surface area contributed by atoms with Crippen molar-refractivity contribution in [2.24, 2.45) is 0 Å². The van der Waals surface area contributed by atoms with Gasteiger partial charge in [0.1, 0.15) is 17.3 Å². The van der Waals surface area contributed by atoms with Crippen molar-refractivity contribution in [1.82, 2.24) is 0 Å². The molecule has 4 heteroatoms.